The lowest BCUT2D eigenvalue weighted by atomic mass is 9.97. The summed E-state index contributed by atoms with van der Waals surface area (Å²) in [4.78, 5) is 0. The van der Waals surface area contributed by atoms with Crippen LogP contribution in [0.1, 0.15) is 24.8 Å². The summed E-state index contributed by atoms with van der Waals surface area (Å²) in [5, 5.41) is 0. The van der Waals surface area contributed by atoms with Crippen LogP contribution in [-0.2, 0) is 9.84 Å². The second kappa shape index (κ2) is 6.52. The highest BCUT2D eigenvalue weighted by molar-refractivity contribution is 9.10. The first-order chi connectivity index (χ1) is 7.98. The smallest absolute Gasteiger partial charge is 0.150 e. The molecule has 0 aromatic heterocycles. The Hall–Kier alpha value is -0.390. The molecule has 0 bridgehead atoms. The summed E-state index contributed by atoms with van der Waals surface area (Å²) < 4.78 is 23.9. The molecule has 2 N–H and O–H groups in total. The quantitative estimate of drug-likeness (QED) is 0.875. The zero-order chi connectivity index (χ0) is 12.9. The zero-order valence-electron chi connectivity index (χ0n) is 9.90. The van der Waals surface area contributed by atoms with E-state index in [0.717, 1.165) is 10.0 Å². The fraction of sp³-hybridized carbons (Fsp3) is 0.500. The second-order valence-corrected chi connectivity index (χ2v) is 7.40. The van der Waals surface area contributed by atoms with Gasteiger partial charge in [-0.2, -0.15) is 0 Å². The zero-order valence-corrected chi connectivity index (χ0v) is 12.3. The van der Waals surface area contributed by atoms with Gasteiger partial charge in [-0.25, -0.2) is 8.42 Å². The average molecular weight is 320 g/mol. The van der Waals surface area contributed by atoms with Gasteiger partial charge in [0.25, 0.3) is 0 Å². The molecule has 3 nitrogen and oxygen atoms in total. The maximum atomic E-state index is 11.5. The Morgan fingerprint density at radius 3 is 2.35 bits per heavy atom. The highest BCUT2D eigenvalue weighted by atomic mass is 79.9. The van der Waals surface area contributed by atoms with Gasteiger partial charge in [0, 0.05) is 10.2 Å². The van der Waals surface area contributed by atoms with Crippen molar-refractivity contribution >= 4 is 25.8 Å². The minimum absolute atomic E-state index is 0.115. The van der Waals surface area contributed by atoms with Gasteiger partial charge in [-0.15, -0.1) is 0 Å². The SMILES string of the molecule is CCS(=O)(=O)CCC(CN)c1ccc(Br)cc1. The van der Waals surface area contributed by atoms with Crippen molar-refractivity contribution in [1.82, 2.24) is 0 Å². The van der Waals surface area contributed by atoms with Crippen molar-refractivity contribution in [1.29, 1.82) is 0 Å². The van der Waals surface area contributed by atoms with Crippen molar-refractivity contribution in [2.24, 2.45) is 5.73 Å². The molecule has 0 spiro atoms. The minimum atomic E-state index is -2.91. The molecule has 0 saturated carbocycles. The van der Waals surface area contributed by atoms with E-state index in [2.05, 4.69) is 15.9 Å². The number of nitrogens with two attached hydrogens (primary N) is 1. The third-order valence-electron chi connectivity index (χ3n) is 2.84. The van der Waals surface area contributed by atoms with Crippen LogP contribution in [0.3, 0.4) is 0 Å². The molecule has 17 heavy (non-hydrogen) atoms. The van der Waals surface area contributed by atoms with Crippen LogP contribution in [0, 0.1) is 0 Å². The summed E-state index contributed by atoms with van der Waals surface area (Å²) in [6.07, 6.45) is 0.592. The molecule has 0 amide bonds. The molecule has 0 aliphatic carbocycles. The molecule has 0 fully saturated rings. The van der Waals surface area contributed by atoms with E-state index >= 15 is 0 Å². The Morgan fingerprint density at radius 2 is 1.88 bits per heavy atom. The van der Waals surface area contributed by atoms with Crippen LogP contribution in [-0.4, -0.2) is 26.5 Å². The predicted molar refractivity (Wildman–Crippen MR) is 74.9 cm³/mol. The number of hydrogen-bond donors (Lipinski definition) is 1. The van der Waals surface area contributed by atoms with Crippen molar-refractivity contribution in [3.8, 4) is 0 Å². The van der Waals surface area contributed by atoms with Crippen LogP contribution >= 0.6 is 15.9 Å². The molecule has 96 valence electrons. The first kappa shape index (κ1) is 14.7. The molecule has 0 saturated heterocycles. The second-order valence-electron chi connectivity index (χ2n) is 4.01. The van der Waals surface area contributed by atoms with E-state index in [-0.39, 0.29) is 17.4 Å². The fourth-order valence-electron chi connectivity index (χ4n) is 1.62. The lowest BCUT2D eigenvalue weighted by Gasteiger charge is -2.15. The van der Waals surface area contributed by atoms with Gasteiger partial charge >= 0.3 is 0 Å². The lowest BCUT2D eigenvalue weighted by Crippen LogP contribution is -2.18. The molecule has 0 aliphatic rings. The lowest BCUT2D eigenvalue weighted by molar-refractivity contribution is 0.586. The van der Waals surface area contributed by atoms with E-state index in [0.29, 0.717) is 13.0 Å². The average Bonchev–Trinajstić information content (AvgIpc) is 2.32. The Labute approximate surface area is 111 Å². The number of benzene rings is 1. The largest absolute Gasteiger partial charge is 0.330 e. The van der Waals surface area contributed by atoms with Gasteiger partial charge in [0.05, 0.1) is 5.75 Å². The molecule has 0 heterocycles. The highest BCUT2D eigenvalue weighted by Crippen LogP contribution is 2.21. The van der Waals surface area contributed by atoms with E-state index < -0.39 is 9.84 Å². The van der Waals surface area contributed by atoms with Crippen LogP contribution < -0.4 is 5.73 Å². The molecule has 1 rings (SSSR count). The number of rotatable bonds is 6. The van der Waals surface area contributed by atoms with E-state index in [9.17, 15) is 8.42 Å². The van der Waals surface area contributed by atoms with E-state index in [1.807, 2.05) is 24.3 Å². The molecular formula is C12H18BrNO2S. The topological polar surface area (TPSA) is 60.2 Å². The Morgan fingerprint density at radius 1 is 1.29 bits per heavy atom. The fourth-order valence-corrected chi connectivity index (χ4v) is 2.82. The maximum absolute atomic E-state index is 11.5. The van der Waals surface area contributed by atoms with Gasteiger partial charge in [0.15, 0.2) is 0 Å². The molecule has 1 aromatic rings. The first-order valence-corrected chi connectivity index (χ1v) is 8.26. The molecule has 1 aromatic carbocycles. The predicted octanol–water partition coefficient (Wildman–Crippen LogP) is 2.32. The summed E-state index contributed by atoms with van der Waals surface area (Å²) in [7, 11) is -2.91. The Bertz CT molecular complexity index is 442. The van der Waals surface area contributed by atoms with Crippen LogP contribution in [0.15, 0.2) is 28.7 Å². The van der Waals surface area contributed by atoms with Crippen molar-refractivity contribution in [2.45, 2.75) is 19.3 Å². The third kappa shape index (κ3) is 4.77. The van der Waals surface area contributed by atoms with Crippen LogP contribution in [0.4, 0.5) is 0 Å². The number of hydrogen-bond acceptors (Lipinski definition) is 3. The molecule has 0 aliphatic heterocycles. The Kier molecular flexibility index (Phi) is 5.62. The van der Waals surface area contributed by atoms with E-state index in [1.54, 1.807) is 6.92 Å². The van der Waals surface area contributed by atoms with Gasteiger partial charge in [0.2, 0.25) is 0 Å². The number of sulfone groups is 1. The normalized spacial score (nSPS) is 13.6. The third-order valence-corrected chi connectivity index (χ3v) is 5.11. The minimum Gasteiger partial charge on any atom is -0.330 e. The molecule has 5 heteroatoms. The van der Waals surface area contributed by atoms with Crippen molar-refractivity contribution in [2.75, 3.05) is 18.1 Å². The monoisotopic (exact) mass is 319 g/mol. The summed E-state index contributed by atoms with van der Waals surface area (Å²) in [6.45, 7) is 2.15. The van der Waals surface area contributed by atoms with Crippen molar-refractivity contribution in [3.63, 3.8) is 0 Å². The summed E-state index contributed by atoms with van der Waals surface area (Å²) in [5.74, 6) is 0.524. The summed E-state index contributed by atoms with van der Waals surface area (Å²) in [5.41, 5.74) is 6.81. The number of halogens is 1. The molecular weight excluding hydrogens is 302 g/mol. The highest BCUT2D eigenvalue weighted by Gasteiger charge is 2.14. The molecule has 1 unspecified atom stereocenters. The van der Waals surface area contributed by atoms with Gasteiger partial charge in [-0.05, 0) is 36.6 Å². The van der Waals surface area contributed by atoms with Gasteiger partial charge < -0.3 is 5.73 Å². The van der Waals surface area contributed by atoms with Gasteiger partial charge in [-0.3, -0.25) is 0 Å². The van der Waals surface area contributed by atoms with E-state index in [1.165, 1.54) is 0 Å². The maximum Gasteiger partial charge on any atom is 0.150 e. The standard InChI is InChI=1S/C12H18BrNO2S/c1-2-17(15,16)8-7-11(9-14)10-3-5-12(13)6-4-10/h3-6,11H,2,7-9,14H2,1H3. The molecule has 0 radical (unpaired) electrons. The van der Waals surface area contributed by atoms with Gasteiger partial charge in [0.1, 0.15) is 9.84 Å². The van der Waals surface area contributed by atoms with Crippen LogP contribution in [0.2, 0.25) is 0 Å². The first-order valence-electron chi connectivity index (χ1n) is 5.64. The Balaban J connectivity index is 2.69. The van der Waals surface area contributed by atoms with Crippen molar-refractivity contribution in [3.05, 3.63) is 34.3 Å². The summed E-state index contributed by atoms with van der Waals surface area (Å²) >= 11 is 3.37. The van der Waals surface area contributed by atoms with Crippen LogP contribution in [0.5, 0.6) is 0 Å². The summed E-state index contributed by atoms with van der Waals surface area (Å²) in [6, 6.07) is 7.87. The van der Waals surface area contributed by atoms with Gasteiger partial charge in [-0.1, -0.05) is 35.0 Å². The molecule has 1 atom stereocenters. The van der Waals surface area contributed by atoms with E-state index in [4.69, 9.17) is 5.73 Å². The van der Waals surface area contributed by atoms with Crippen molar-refractivity contribution < 1.29 is 8.42 Å². The van der Waals surface area contributed by atoms with Crippen LogP contribution in [0.25, 0.3) is 0 Å².